The van der Waals surface area contributed by atoms with Crippen molar-refractivity contribution in [1.29, 1.82) is 0 Å². The van der Waals surface area contributed by atoms with Gasteiger partial charge in [0.1, 0.15) is 0 Å². The zero-order valence-electron chi connectivity index (χ0n) is 11.1. The van der Waals surface area contributed by atoms with E-state index < -0.39 is 10.0 Å². The number of sulfonamides is 1. The van der Waals surface area contributed by atoms with E-state index in [0.717, 1.165) is 24.8 Å². The molecule has 2 rings (SSSR count). The average Bonchev–Trinajstić information content (AvgIpc) is 2.21. The van der Waals surface area contributed by atoms with Crippen LogP contribution < -0.4 is 10.5 Å². The van der Waals surface area contributed by atoms with E-state index in [9.17, 15) is 8.42 Å². The van der Waals surface area contributed by atoms with Crippen LogP contribution in [0, 0.1) is 13.8 Å². The van der Waals surface area contributed by atoms with E-state index in [1.807, 2.05) is 6.92 Å². The first-order valence-corrected chi connectivity index (χ1v) is 7.63. The van der Waals surface area contributed by atoms with Crippen LogP contribution in [0.25, 0.3) is 0 Å². The highest BCUT2D eigenvalue weighted by Crippen LogP contribution is 2.34. The molecule has 1 aliphatic carbocycles. The molecule has 0 saturated heterocycles. The van der Waals surface area contributed by atoms with E-state index in [0.29, 0.717) is 16.1 Å². The summed E-state index contributed by atoms with van der Waals surface area (Å²) in [6.45, 7) is 5.50. The van der Waals surface area contributed by atoms with Crippen LogP contribution in [0.15, 0.2) is 17.0 Å². The highest BCUT2D eigenvalue weighted by atomic mass is 32.2. The SMILES string of the molecule is Cc1ccc(N)c(C)c1S(=O)(=O)NC1(C)CCC1. The Labute approximate surface area is 109 Å². The Morgan fingerprint density at radius 3 is 2.39 bits per heavy atom. The normalized spacial score (nSPS) is 18.4. The molecule has 0 radical (unpaired) electrons. The highest BCUT2D eigenvalue weighted by molar-refractivity contribution is 7.89. The van der Waals surface area contributed by atoms with Gasteiger partial charge in [0.25, 0.3) is 0 Å². The van der Waals surface area contributed by atoms with Gasteiger partial charge in [0.2, 0.25) is 10.0 Å². The third-order valence-electron chi connectivity index (χ3n) is 3.75. The zero-order chi connectivity index (χ0) is 13.6. The molecule has 0 aromatic heterocycles. The number of nitrogen functional groups attached to an aromatic ring is 1. The first-order chi connectivity index (χ1) is 8.25. The van der Waals surface area contributed by atoms with Crippen molar-refractivity contribution in [3.63, 3.8) is 0 Å². The number of nitrogens with one attached hydrogen (secondary N) is 1. The van der Waals surface area contributed by atoms with Gasteiger partial charge in [-0.3, -0.25) is 0 Å². The Balaban J connectivity index is 2.44. The van der Waals surface area contributed by atoms with Crippen molar-refractivity contribution in [3.05, 3.63) is 23.3 Å². The number of aryl methyl sites for hydroxylation is 1. The lowest BCUT2D eigenvalue weighted by Crippen LogP contribution is -2.51. The number of hydrogen-bond acceptors (Lipinski definition) is 3. The highest BCUT2D eigenvalue weighted by Gasteiger charge is 2.37. The van der Waals surface area contributed by atoms with Gasteiger partial charge < -0.3 is 5.73 Å². The van der Waals surface area contributed by atoms with Gasteiger partial charge >= 0.3 is 0 Å². The fourth-order valence-corrected chi connectivity index (χ4v) is 4.41. The lowest BCUT2D eigenvalue weighted by Gasteiger charge is -2.38. The number of hydrogen-bond donors (Lipinski definition) is 2. The molecule has 1 saturated carbocycles. The van der Waals surface area contributed by atoms with E-state index in [4.69, 9.17) is 5.73 Å². The van der Waals surface area contributed by atoms with Crippen molar-refractivity contribution in [2.75, 3.05) is 5.73 Å². The fraction of sp³-hybridized carbons (Fsp3) is 0.538. The molecule has 1 aromatic carbocycles. The maximum absolute atomic E-state index is 12.5. The van der Waals surface area contributed by atoms with Crippen molar-refractivity contribution in [2.24, 2.45) is 0 Å². The fourth-order valence-electron chi connectivity index (χ4n) is 2.44. The standard InChI is InChI=1S/C13H20N2O2S/c1-9-5-6-11(14)10(2)12(9)18(16,17)15-13(3)7-4-8-13/h5-6,15H,4,7-8,14H2,1-3H3. The molecule has 4 nitrogen and oxygen atoms in total. The third kappa shape index (κ3) is 2.24. The summed E-state index contributed by atoms with van der Waals surface area (Å²) in [6, 6.07) is 3.49. The number of rotatable bonds is 3. The van der Waals surface area contributed by atoms with E-state index in [1.165, 1.54) is 0 Å². The van der Waals surface area contributed by atoms with Crippen LogP contribution in [0.1, 0.15) is 37.3 Å². The maximum Gasteiger partial charge on any atom is 0.241 e. The van der Waals surface area contributed by atoms with Crippen molar-refractivity contribution in [3.8, 4) is 0 Å². The van der Waals surface area contributed by atoms with Crippen LogP contribution in [-0.4, -0.2) is 14.0 Å². The van der Waals surface area contributed by atoms with Crippen LogP contribution in [0.2, 0.25) is 0 Å². The monoisotopic (exact) mass is 268 g/mol. The predicted octanol–water partition coefficient (Wildman–Crippen LogP) is 2.11. The summed E-state index contributed by atoms with van der Waals surface area (Å²) in [5.41, 5.74) is 7.39. The Hall–Kier alpha value is -1.07. The molecule has 1 aliphatic rings. The Morgan fingerprint density at radius 2 is 1.89 bits per heavy atom. The van der Waals surface area contributed by atoms with Crippen LogP contribution in [0.3, 0.4) is 0 Å². The van der Waals surface area contributed by atoms with Gasteiger partial charge in [-0.1, -0.05) is 6.07 Å². The van der Waals surface area contributed by atoms with Gasteiger partial charge in [0, 0.05) is 11.2 Å². The van der Waals surface area contributed by atoms with Crippen molar-refractivity contribution >= 4 is 15.7 Å². The van der Waals surface area contributed by atoms with Gasteiger partial charge in [-0.05, 0) is 57.2 Å². The second-order valence-electron chi connectivity index (χ2n) is 5.45. The molecule has 0 bridgehead atoms. The molecule has 3 N–H and O–H groups in total. The molecule has 0 amide bonds. The van der Waals surface area contributed by atoms with Gasteiger partial charge in [-0.2, -0.15) is 0 Å². The molecule has 1 aromatic rings. The number of benzene rings is 1. The second-order valence-corrected chi connectivity index (χ2v) is 7.06. The zero-order valence-corrected chi connectivity index (χ0v) is 11.9. The lowest BCUT2D eigenvalue weighted by molar-refractivity contribution is 0.248. The summed E-state index contributed by atoms with van der Waals surface area (Å²) in [5.74, 6) is 0. The molecule has 100 valence electrons. The van der Waals surface area contributed by atoms with E-state index in [2.05, 4.69) is 4.72 Å². The first-order valence-electron chi connectivity index (χ1n) is 6.15. The van der Waals surface area contributed by atoms with Crippen LogP contribution in [-0.2, 0) is 10.0 Å². The molecule has 0 atom stereocenters. The summed E-state index contributed by atoms with van der Waals surface area (Å²) in [5, 5.41) is 0. The smallest absolute Gasteiger partial charge is 0.241 e. The predicted molar refractivity (Wildman–Crippen MR) is 72.9 cm³/mol. The lowest BCUT2D eigenvalue weighted by atomic mass is 9.80. The largest absolute Gasteiger partial charge is 0.398 e. The van der Waals surface area contributed by atoms with E-state index in [-0.39, 0.29) is 5.54 Å². The quantitative estimate of drug-likeness (QED) is 0.825. The second kappa shape index (κ2) is 4.24. The molecule has 5 heteroatoms. The Morgan fingerprint density at radius 1 is 1.28 bits per heavy atom. The first kappa shape index (κ1) is 13.4. The minimum atomic E-state index is -3.49. The molecule has 0 spiro atoms. The molecule has 0 unspecified atom stereocenters. The van der Waals surface area contributed by atoms with Gasteiger partial charge in [-0.25, -0.2) is 13.1 Å². The van der Waals surface area contributed by atoms with Crippen LogP contribution in [0.5, 0.6) is 0 Å². The van der Waals surface area contributed by atoms with Gasteiger partial charge in [-0.15, -0.1) is 0 Å². The van der Waals surface area contributed by atoms with Gasteiger partial charge in [0.15, 0.2) is 0 Å². The average molecular weight is 268 g/mol. The molecule has 1 fully saturated rings. The molecule has 18 heavy (non-hydrogen) atoms. The van der Waals surface area contributed by atoms with Crippen molar-refractivity contribution in [2.45, 2.75) is 50.5 Å². The number of nitrogens with two attached hydrogens (primary N) is 1. The number of anilines is 1. The van der Waals surface area contributed by atoms with Gasteiger partial charge in [0.05, 0.1) is 4.90 Å². The van der Waals surface area contributed by atoms with E-state index >= 15 is 0 Å². The van der Waals surface area contributed by atoms with Crippen LogP contribution >= 0.6 is 0 Å². The summed E-state index contributed by atoms with van der Waals surface area (Å²) >= 11 is 0. The minimum absolute atomic E-state index is 0.289. The summed E-state index contributed by atoms with van der Waals surface area (Å²) in [6.07, 6.45) is 2.87. The van der Waals surface area contributed by atoms with Crippen LogP contribution in [0.4, 0.5) is 5.69 Å². The Kier molecular flexibility index (Phi) is 3.15. The maximum atomic E-state index is 12.5. The molecular weight excluding hydrogens is 248 g/mol. The van der Waals surface area contributed by atoms with Crippen molar-refractivity contribution < 1.29 is 8.42 Å². The summed E-state index contributed by atoms with van der Waals surface area (Å²) in [7, 11) is -3.49. The molecule has 0 aliphatic heterocycles. The molecular formula is C13H20N2O2S. The summed E-state index contributed by atoms with van der Waals surface area (Å²) in [4.78, 5) is 0.329. The minimum Gasteiger partial charge on any atom is -0.398 e. The Bertz CT molecular complexity index is 575. The van der Waals surface area contributed by atoms with E-state index in [1.54, 1.807) is 26.0 Å². The topological polar surface area (TPSA) is 72.2 Å². The van der Waals surface area contributed by atoms with Crippen molar-refractivity contribution in [1.82, 2.24) is 4.72 Å². The third-order valence-corrected chi connectivity index (χ3v) is 5.68. The summed E-state index contributed by atoms with van der Waals surface area (Å²) < 4.78 is 27.7. The molecule has 0 heterocycles.